The average molecular weight is 139 g/mol. The summed E-state index contributed by atoms with van der Waals surface area (Å²) >= 11 is 0. The molecule has 0 aliphatic rings. The van der Waals surface area contributed by atoms with E-state index in [-0.39, 0.29) is 6.61 Å². The van der Waals surface area contributed by atoms with Crippen LogP contribution in [-0.2, 0) is 14.9 Å². The molecule has 0 saturated heterocycles. The summed E-state index contributed by atoms with van der Waals surface area (Å²) in [6.07, 6.45) is 0. The molecular formula is C3H7O4S-. The number of hydrogen-bond acceptors (Lipinski definition) is 4. The molecule has 0 aliphatic heterocycles. The average Bonchev–Trinajstić information content (AvgIpc) is 1.59. The van der Waals surface area contributed by atoms with Crippen LogP contribution in [-0.4, -0.2) is 25.5 Å². The molecule has 0 radical (unpaired) electrons. The van der Waals surface area contributed by atoms with E-state index in [4.69, 9.17) is 0 Å². The van der Waals surface area contributed by atoms with Crippen LogP contribution in [0.4, 0.5) is 0 Å². The van der Waals surface area contributed by atoms with E-state index >= 15 is 0 Å². The van der Waals surface area contributed by atoms with Gasteiger partial charge in [-0.1, -0.05) is 0 Å². The Morgan fingerprint density at radius 3 is 2.25 bits per heavy atom. The lowest BCUT2D eigenvalue weighted by molar-refractivity contribution is 0.184. The van der Waals surface area contributed by atoms with E-state index < -0.39 is 16.1 Å². The highest BCUT2D eigenvalue weighted by Crippen LogP contribution is 1.81. The lowest BCUT2D eigenvalue weighted by atomic mass is 10.9. The van der Waals surface area contributed by atoms with Crippen LogP contribution in [0.2, 0.25) is 0 Å². The molecule has 0 saturated carbocycles. The summed E-state index contributed by atoms with van der Waals surface area (Å²) in [6, 6.07) is 0. The lowest BCUT2D eigenvalue weighted by Crippen LogP contribution is -2.07. The van der Waals surface area contributed by atoms with Crippen LogP contribution >= 0.6 is 0 Å². The molecule has 0 aromatic carbocycles. The molecule has 0 rings (SSSR count). The van der Waals surface area contributed by atoms with Crippen molar-refractivity contribution in [2.45, 2.75) is 6.92 Å². The van der Waals surface area contributed by atoms with Gasteiger partial charge in [-0.25, -0.2) is 8.42 Å². The fourth-order valence-electron chi connectivity index (χ4n) is 0.185. The van der Waals surface area contributed by atoms with E-state index in [1.165, 1.54) is 0 Å². The second-order valence-corrected chi connectivity index (χ2v) is 2.52. The molecule has 0 aromatic heterocycles. The second kappa shape index (κ2) is 3.01. The molecule has 0 fully saturated rings. The Labute approximate surface area is 48.2 Å². The van der Waals surface area contributed by atoms with Crippen molar-refractivity contribution >= 4 is 10.1 Å². The molecule has 5 heteroatoms. The molecule has 0 aliphatic carbocycles. The zero-order chi connectivity index (χ0) is 6.62. The maximum atomic E-state index is 9.71. The van der Waals surface area contributed by atoms with Gasteiger partial charge in [-0.3, -0.25) is 0 Å². The Balaban J connectivity index is 3.42. The Bertz CT molecular complexity index is 135. The minimum Gasteiger partial charge on any atom is -0.746 e. The third-order valence-corrected chi connectivity index (χ3v) is 0.887. The third kappa shape index (κ3) is 5.87. The van der Waals surface area contributed by atoms with Crippen molar-refractivity contribution in [3.05, 3.63) is 0 Å². The summed E-state index contributed by atoms with van der Waals surface area (Å²) in [5.41, 5.74) is 0. The van der Waals surface area contributed by atoms with E-state index in [0.29, 0.717) is 0 Å². The molecule has 0 aromatic rings. The molecule has 0 N–H and O–H groups in total. The van der Waals surface area contributed by atoms with Crippen molar-refractivity contribution in [1.82, 2.24) is 0 Å². The Kier molecular flexibility index (Phi) is 2.96. The smallest absolute Gasteiger partial charge is 0.136 e. The van der Waals surface area contributed by atoms with Gasteiger partial charge in [0, 0.05) is 6.61 Å². The van der Waals surface area contributed by atoms with Crippen molar-refractivity contribution in [3.8, 4) is 0 Å². The first-order chi connectivity index (χ1) is 3.56. The summed E-state index contributed by atoms with van der Waals surface area (Å²) in [5, 5.41) is 0. The van der Waals surface area contributed by atoms with Gasteiger partial charge in [0.1, 0.15) is 16.1 Å². The van der Waals surface area contributed by atoms with Crippen LogP contribution in [0.3, 0.4) is 0 Å². The second-order valence-electron chi connectivity index (χ2n) is 1.17. The quantitative estimate of drug-likeness (QED) is 0.495. The van der Waals surface area contributed by atoms with Crippen LogP contribution in [0.25, 0.3) is 0 Å². The van der Waals surface area contributed by atoms with E-state index in [2.05, 4.69) is 4.74 Å². The van der Waals surface area contributed by atoms with Crippen molar-refractivity contribution in [3.63, 3.8) is 0 Å². The minimum atomic E-state index is -4.16. The standard InChI is InChI=1S/C3H8O4S/c1-2-7-3-8(4,5)6/h2-3H2,1H3,(H,4,5,6)/p-1. The summed E-state index contributed by atoms with van der Waals surface area (Å²) < 4.78 is 33.4. The van der Waals surface area contributed by atoms with Crippen LogP contribution in [0.1, 0.15) is 6.92 Å². The van der Waals surface area contributed by atoms with E-state index in [0.717, 1.165) is 0 Å². The number of rotatable bonds is 3. The van der Waals surface area contributed by atoms with Gasteiger partial charge in [0.2, 0.25) is 0 Å². The Morgan fingerprint density at radius 2 is 2.12 bits per heavy atom. The molecule has 0 heterocycles. The van der Waals surface area contributed by atoms with E-state index in [1.807, 2.05) is 0 Å². The predicted octanol–water partition coefficient (Wildman–Crippen LogP) is -0.474. The first-order valence-electron chi connectivity index (χ1n) is 2.07. The Morgan fingerprint density at radius 1 is 1.62 bits per heavy atom. The molecule has 0 amide bonds. The van der Waals surface area contributed by atoms with Gasteiger partial charge in [0.15, 0.2) is 0 Å². The maximum Gasteiger partial charge on any atom is 0.136 e. The molecule has 50 valence electrons. The zero-order valence-corrected chi connectivity index (χ0v) is 5.27. The van der Waals surface area contributed by atoms with Crippen molar-refractivity contribution in [2.75, 3.05) is 12.5 Å². The van der Waals surface area contributed by atoms with Crippen LogP contribution < -0.4 is 0 Å². The molecule has 4 nitrogen and oxygen atoms in total. The highest BCUT2D eigenvalue weighted by Gasteiger charge is 1.89. The molecule has 8 heavy (non-hydrogen) atoms. The SMILES string of the molecule is CCOCS(=O)(=O)[O-]. The lowest BCUT2D eigenvalue weighted by Gasteiger charge is -2.04. The van der Waals surface area contributed by atoms with Crippen molar-refractivity contribution in [1.29, 1.82) is 0 Å². The molecule has 0 unspecified atom stereocenters. The van der Waals surface area contributed by atoms with Crippen LogP contribution in [0.15, 0.2) is 0 Å². The topological polar surface area (TPSA) is 66.4 Å². The third-order valence-electron chi connectivity index (χ3n) is 0.432. The minimum absolute atomic E-state index is 0.251. The number of ether oxygens (including phenoxy) is 1. The van der Waals surface area contributed by atoms with Gasteiger partial charge in [-0.2, -0.15) is 0 Å². The van der Waals surface area contributed by atoms with Gasteiger partial charge in [0.25, 0.3) is 0 Å². The summed E-state index contributed by atoms with van der Waals surface area (Å²) in [4.78, 5) is 0. The van der Waals surface area contributed by atoms with Gasteiger partial charge in [0.05, 0.1) is 0 Å². The maximum absolute atomic E-state index is 9.71. The highest BCUT2D eigenvalue weighted by atomic mass is 32.2. The van der Waals surface area contributed by atoms with Crippen molar-refractivity contribution in [2.24, 2.45) is 0 Å². The molecular weight excluding hydrogens is 132 g/mol. The molecule has 0 bridgehead atoms. The van der Waals surface area contributed by atoms with Crippen LogP contribution in [0, 0.1) is 0 Å². The molecule has 0 spiro atoms. The monoisotopic (exact) mass is 139 g/mol. The van der Waals surface area contributed by atoms with Gasteiger partial charge >= 0.3 is 0 Å². The first-order valence-corrected chi connectivity index (χ1v) is 3.65. The summed E-state index contributed by atoms with van der Waals surface area (Å²) in [6.45, 7) is 1.87. The normalized spacial score (nSPS) is 11.8. The van der Waals surface area contributed by atoms with Crippen LogP contribution in [0.5, 0.6) is 0 Å². The van der Waals surface area contributed by atoms with Crippen molar-refractivity contribution < 1.29 is 17.7 Å². The summed E-state index contributed by atoms with van der Waals surface area (Å²) in [7, 11) is -4.16. The molecule has 0 atom stereocenters. The van der Waals surface area contributed by atoms with Gasteiger partial charge in [-0.05, 0) is 6.92 Å². The number of hydrogen-bond donors (Lipinski definition) is 0. The fraction of sp³-hybridized carbons (Fsp3) is 1.00. The van der Waals surface area contributed by atoms with Gasteiger partial charge < -0.3 is 9.29 Å². The zero-order valence-electron chi connectivity index (χ0n) is 4.46. The van der Waals surface area contributed by atoms with Gasteiger partial charge in [-0.15, -0.1) is 0 Å². The highest BCUT2D eigenvalue weighted by molar-refractivity contribution is 7.85. The van der Waals surface area contributed by atoms with E-state index in [1.54, 1.807) is 6.92 Å². The Hall–Kier alpha value is -0.130. The summed E-state index contributed by atoms with van der Waals surface area (Å²) in [5.74, 6) is -0.719. The first kappa shape index (κ1) is 7.87. The van der Waals surface area contributed by atoms with E-state index in [9.17, 15) is 13.0 Å². The fourth-order valence-corrected chi connectivity index (χ4v) is 0.556. The largest absolute Gasteiger partial charge is 0.746 e. The predicted molar refractivity (Wildman–Crippen MR) is 26.2 cm³/mol.